The second-order valence-corrected chi connectivity index (χ2v) is 6.66. The Morgan fingerprint density at radius 3 is 2.56 bits per heavy atom. The standard InChI is InChI=1S/C17H17FN2O4.ClH/c1-24-14-12(17(19)4-5-17)11(18)7-20-13(14)9(8-2-3-8)6-10(15(20)21)16(22)23;/h6-8H,2-5,19H2,1H3,(H,22,23);1H. The summed E-state index contributed by atoms with van der Waals surface area (Å²) in [4.78, 5) is 23.9. The molecule has 2 aliphatic rings. The van der Waals surface area contributed by atoms with Gasteiger partial charge in [-0.2, -0.15) is 0 Å². The number of fused-ring (bicyclic) bond motifs is 1. The van der Waals surface area contributed by atoms with Gasteiger partial charge in [0.1, 0.15) is 11.4 Å². The van der Waals surface area contributed by atoms with Gasteiger partial charge in [0.2, 0.25) is 0 Å². The number of hydrogen-bond acceptors (Lipinski definition) is 4. The molecule has 0 saturated heterocycles. The number of aromatic carboxylic acids is 1. The Labute approximate surface area is 148 Å². The molecular weight excluding hydrogens is 351 g/mol. The highest BCUT2D eigenvalue weighted by molar-refractivity contribution is 5.89. The van der Waals surface area contributed by atoms with Crippen LogP contribution < -0.4 is 16.0 Å². The molecule has 6 nitrogen and oxygen atoms in total. The van der Waals surface area contributed by atoms with Gasteiger partial charge in [-0.15, -0.1) is 12.4 Å². The molecule has 2 fully saturated rings. The average Bonchev–Trinajstić information content (AvgIpc) is 3.43. The summed E-state index contributed by atoms with van der Waals surface area (Å²) in [6, 6.07) is 1.40. The molecule has 0 amide bonds. The van der Waals surface area contributed by atoms with E-state index in [1.807, 2.05) is 0 Å². The number of nitrogens with zero attached hydrogens (tertiary/aromatic N) is 1. The van der Waals surface area contributed by atoms with Crippen molar-refractivity contribution >= 4 is 23.9 Å². The van der Waals surface area contributed by atoms with Crippen molar-refractivity contribution in [2.45, 2.75) is 37.1 Å². The van der Waals surface area contributed by atoms with E-state index in [2.05, 4.69) is 0 Å². The van der Waals surface area contributed by atoms with Crippen LogP contribution in [0.4, 0.5) is 4.39 Å². The second kappa shape index (κ2) is 5.71. The maximum atomic E-state index is 14.7. The smallest absolute Gasteiger partial charge is 0.341 e. The predicted octanol–water partition coefficient (Wildman–Crippen LogP) is 2.39. The van der Waals surface area contributed by atoms with Gasteiger partial charge in [-0.05, 0) is 43.2 Å². The summed E-state index contributed by atoms with van der Waals surface area (Å²) in [5.74, 6) is -1.58. The lowest BCUT2D eigenvalue weighted by Crippen LogP contribution is -2.27. The van der Waals surface area contributed by atoms with Crippen LogP contribution in [-0.2, 0) is 5.54 Å². The normalized spacial score (nSPS) is 17.9. The zero-order chi connectivity index (χ0) is 17.2. The molecule has 134 valence electrons. The molecule has 0 radical (unpaired) electrons. The molecule has 2 saturated carbocycles. The van der Waals surface area contributed by atoms with E-state index < -0.39 is 22.9 Å². The summed E-state index contributed by atoms with van der Waals surface area (Å²) in [6.07, 6.45) is 4.13. The molecule has 0 aliphatic heterocycles. The Kier molecular flexibility index (Phi) is 4.04. The number of carbonyl (C=O) groups is 1. The molecule has 8 heteroatoms. The Balaban J connectivity index is 0.00000182. The summed E-state index contributed by atoms with van der Waals surface area (Å²) in [5, 5.41) is 9.28. The van der Waals surface area contributed by atoms with Gasteiger partial charge in [-0.25, -0.2) is 9.18 Å². The number of rotatable bonds is 4. The van der Waals surface area contributed by atoms with E-state index in [9.17, 15) is 19.1 Å². The number of halogens is 2. The summed E-state index contributed by atoms with van der Waals surface area (Å²) in [5.41, 5.74) is 5.69. The topological polar surface area (TPSA) is 94.0 Å². The highest BCUT2D eigenvalue weighted by Gasteiger charge is 2.46. The maximum Gasteiger partial charge on any atom is 0.341 e. The quantitative estimate of drug-likeness (QED) is 0.864. The number of carboxylic acid groups (broad SMARTS) is 1. The van der Waals surface area contributed by atoms with Gasteiger partial charge in [0.25, 0.3) is 5.56 Å². The van der Waals surface area contributed by atoms with Crippen molar-refractivity contribution in [2.24, 2.45) is 5.73 Å². The lowest BCUT2D eigenvalue weighted by molar-refractivity contribution is 0.0694. The summed E-state index contributed by atoms with van der Waals surface area (Å²) in [7, 11) is 1.41. The minimum absolute atomic E-state index is 0. The van der Waals surface area contributed by atoms with Crippen LogP contribution in [0.25, 0.3) is 5.52 Å². The molecule has 2 aliphatic carbocycles. The van der Waals surface area contributed by atoms with Crippen molar-refractivity contribution < 1.29 is 19.0 Å². The van der Waals surface area contributed by atoms with E-state index in [-0.39, 0.29) is 35.2 Å². The van der Waals surface area contributed by atoms with E-state index in [4.69, 9.17) is 10.5 Å². The number of carboxylic acids is 1. The van der Waals surface area contributed by atoms with Gasteiger partial charge in [-0.3, -0.25) is 9.20 Å². The number of nitrogens with two attached hydrogens (primary N) is 1. The van der Waals surface area contributed by atoms with Gasteiger partial charge in [0, 0.05) is 11.7 Å². The zero-order valence-corrected chi connectivity index (χ0v) is 14.4. The molecule has 2 heterocycles. The number of hydrogen-bond donors (Lipinski definition) is 2. The first kappa shape index (κ1) is 17.7. The fourth-order valence-electron chi connectivity index (χ4n) is 3.33. The minimum Gasteiger partial charge on any atom is -0.494 e. The Hall–Kier alpha value is -2.12. The predicted molar refractivity (Wildman–Crippen MR) is 91.5 cm³/mol. The molecule has 2 aromatic rings. The molecule has 0 aromatic carbocycles. The zero-order valence-electron chi connectivity index (χ0n) is 13.5. The number of pyridine rings is 2. The molecule has 4 rings (SSSR count). The molecule has 0 unspecified atom stereocenters. The fraction of sp³-hybridized carbons (Fsp3) is 0.412. The molecular formula is C17H18ClFN2O4. The fourth-order valence-corrected chi connectivity index (χ4v) is 3.33. The largest absolute Gasteiger partial charge is 0.494 e. The van der Waals surface area contributed by atoms with Crippen molar-refractivity contribution in [1.29, 1.82) is 0 Å². The van der Waals surface area contributed by atoms with E-state index in [1.165, 1.54) is 13.2 Å². The number of methoxy groups -OCH3 is 1. The third kappa shape index (κ3) is 2.58. The van der Waals surface area contributed by atoms with Crippen molar-refractivity contribution in [1.82, 2.24) is 4.40 Å². The Bertz CT molecular complexity index is 948. The highest BCUT2D eigenvalue weighted by Crippen LogP contribution is 2.51. The lowest BCUT2D eigenvalue weighted by atomic mass is 9.99. The van der Waals surface area contributed by atoms with Gasteiger partial charge in [0.05, 0.1) is 18.2 Å². The van der Waals surface area contributed by atoms with Crippen LogP contribution in [0.15, 0.2) is 17.1 Å². The van der Waals surface area contributed by atoms with Gasteiger partial charge in [0.15, 0.2) is 5.75 Å². The SMILES string of the molecule is COc1c(C2(N)CC2)c(F)cn2c(=O)c(C(=O)O)cc(C3CC3)c12.Cl. The van der Waals surface area contributed by atoms with Crippen LogP contribution >= 0.6 is 12.4 Å². The van der Waals surface area contributed by atoms with Crippen LogP contribution in [0, 0.1) is 5.82 Å². The van der Waals surface area contributed by atoms with E-state index in [0.29, 0.717) is 23.9 Å². The van der Waals surface area contributed by atoms with E-state index >= 15 is 0 Å². The van der Waals surface area contributed by atoms with E-state index in [0.717, 1.165) is 23.4 Å². The van der Waals surface area contributed by atoms with E-state index in [1.54, 1.807) is 0 Å². The van der Waals surface area contributed by atoms with Crippen molar-refractivity contribution in [2.75, 3.05) is 7.11 Å². The molecule has 25 heavy (non-hydrogen) atoms. The van der Waals surface area contributed by atoms with Gasteiger partial charge >= 0.3 is 5.97 Å². The molecule has 2 aromatic heterocycles. The first-order valence-corrected chi connectivity index (χ1v) is 7.86. The minimum atomic E-state index is -1.32. The molecule has 0 bridgehead atoms. The van der Waals surface area contributed by atoms with Crippen LogP contribution in [0.5, 0.6) is 5.75 Å². The Morgan fingerprint density at radius 1 is 1.44 bits per heavy atom. The van der Waals surface area contributed by atoms with Crippen LogP contribution in [-0.4, -0.2) is 22.6 Å². The first-order chi connectivity index (χ1) is 11.4. The highest BCUT2D eigenvalue weighted by atomic mass is 35.5. The number of ether oxygens (including phenoxy) is 1. The van der Waals surface area contributed by atoms with Gasteiger partial charge < -0.3 is 15.6 Å². The van der Waals surface area contributed by atoms with Crippen molar-refractivity contribution in [3.63, 3.8) is 0 Å². The van der Waals surface area contributed by atoms with Crippen molar-refractivity contribution in [3.05, 3.63) is 45.1 Å². The third-order valence-electron chi connectivity index (χ3n) is 4.93. The second-order valence-electron chi connectivity index (χ2n) is 6.66. The molecule has 0 spiro atoms. The maximum absolute atomic E-state index is 14.7. The van der Waals surface area contributed by atoms with Crippen LogP contribution in [0.1, 0.15) is 53.1 Å². The first-order valence-electron chi connectivity index (χ1n) is 7.86. The lowest BCUT2D eigenvalue weighted by Gasteiger charge is -2.20. The third-order valence-corrected chi connectivity index (χ3v) is 4.93. The summed E-state index contributed by atoms with van der Waals surface area (Å²) in [6.45, 7) is 0. The van der Waals surface area contributed by atoms with Crippen LogP contribution in [0.3, 0.4) is 0 Å². The van der Waals surface area contributed by atoms with Gasteiger partial charge in [-0.1, -0.05) is 0 Å². The summed E-state index contributed by atoms with van der Waals surface area (Å²) >= 11 is 0. The van der Waals surface area contributed by atoms with Crippen molar-refractivity contribution in [3.8, 4) is 5.75 Å². The monoisotopic (exact) mass is 368 g/mol. The molecule has 3 N–H and O–H groups in total. The number of aromatic nitrogens is 1. The van der Waals surface area contributed by atoms with Crippen LogP contribution in [0.2, 0.25) is 0 Å². The Morgan fingerprint density at radius 2 is 2.08 bits per heavy atom. The average molecular weight is 369 g/mol. The molecule has 0 atom stereocenters. The summed E-state index contributed by atoms with van der Waals surface area (Å²) < 4.78 is 21.2.